The molecule has 0 atom stereocenters. The van der Waals surface area contributed by atoms with E-state index >= 15 is 0 Å². The zero-order valence-corrected chi connectivity index (χ0v) is 14.8. The van der Waals surface area contributed by atoms with Crippen LogP contribution in [0.2, 0.25) is 0 Å². The second-order valence-corrected chi connectivity index (χ2v) is 5.76. The van der Waals surface area contributed by atoms with Crippen LogP contribution in [0.3, 0.4) is 0 Å². The summed E-state index contributed by atoms with van der Waals surface area (Å²) in [6, 6.07) is 18.4. The standard InChI is InChI=1S/C21H23NO3/c1-23-19-11-9-16-6-4-5-7-17(16)18(19)14-22-13-15-8-10-20(24-2)21(12-15)25-3/h4-12,22H,13-14H2,1-3H3. The van der Waals surface area contributed by atoms with Gasteiger partial charge in [0.1, 0.15) is 5.75 Å². The van der Waals surface area contributed by atoms with E-state index in [2.05, 4.69) is 35.6 Å². The Balaban J connectivity index is 1.77. The van der Waals surface area contributed by atoms with Gasteiger partial charge in [0.15, 0.2) is 11.5 Å². The second-order valence-electron chi connectivity index (χ2n) is 5.76. The summed E-state index contributed by atoms with van der Waals surface area (Å²) in [5, 5.41) is 5.92. The molecule has 0 bridgehead atoms. The quantitative estimate of drug-likeness (QED) is 0.703. The van der Waals surface area contributed by atoms with Gasteiger partial charge in [-0.25, -0.2) is 0 Å². The van der Waals surface area contributed by atoms with Crippen molar-refractivity contribution >= 4 is 10.8 Å². The van der Waals surface area contributed by atoms with E-state index in [9.17, 15) is 0 Å². The molecular weight excluding hydrogens is 314 g/mol. The molecule has 0 spiro atoms. The third kappa shape index (κ3) is 3.69. The van der Waals surface area contributed by atoms with E-state index in [4.69, 9.17) is 14.2 Å². The first-order valence-electron chi connectivity index (χ1n) is 8.23. The molecule has 0 fully saturated rings. The molecule has 4 nitrogen and oxygen atoms in total. The molecule has 3 rings (SSSR count). The average molecular weight is 337 g/mol. The lowest BCUT2D eigenvalue weighted by Crippen LogP contribution is -2.14. The van der Waals surface area contributed by atoms with Crippen molar-refractivity contribution in [1.29, 1.82) is 0 Å². The minimum Gasteiger partial charge on any atom is -0.496 e. The van der Waals surface area contributed by atoms with Crippen molar-refractivity contribution in [1.82, 2.24) is 5.32 Å². The zero-order valence-electron chi connectivity index (χ0n) is 14.8. The Morgan fingerprint density at radius 3 is 2.20 bits per heavy atom. The summed E-state index contributed by atoms with van der Waals surface area (Å²) in [5.41, 5.74) is 2.30. The molecule has 0 heterocycles. The van der Waals surface area contributed by atoms with Crippen molar-refractivity contribution in [3.63, 3.8) is 0 Å². The summed E-state index contributed by atoms with van der Waals surface area (Å²) >= 11 is 0. The highest BCUT2D eigenvalue weighted by Crippen LogP contribution is 2.29. The van der Waals surface area contributed by atoms with Crippen molar-refractivity contribution in [2.24, 2.45) is 0 Å². The first-order valence-corrected chi connectivity index (χ1v) is 8.23. The first kappa shape index (κ1) is 17.1. The van der Waals surface area contributed by atoms with Crippen LogP contribution in [-0.2, 0) is 13.1 Å². The predicted octanol–water partition coefficient (Wildman–Crippen LogP) is 4.16. The molecule has 0 amide bonds. The fraction of sp³-hybridized carbons (Fsp3) is 0.238. The topological polar surface area (TPSA) is 39.7 Å². The molecule has 0 aromatic heterocycles. The Bertz CT molecular complexity index is 861. The van der Waals surface area contributed by atoms with Gasteiger partial charge in [0.25, 0.3) is 0 Å². The van der Waals surface area contributed by atoms with Gasteiger partial charge in [-0.3, -0.25) is 0 Å². The van der Waals surface area contributed by atoms with Crippen molar-refractivity contribution in [3.05, 3.63) is 65.7 Å². The third-order valence-corrected chi connectivity index (χ3v) is 4.30. The maximum atomic E-state index is 5.55. The van der Waals surface area contributed by atoms with Gasteiger partial charge in [-0.1, -0.05) is 36.4 Å². The molecule has 0 radical (unpaired) electrons. The number of methoxy groups -OCH3 is 3. The summed E-state index contributed by atoms with van der Waals surface area (Å²) in [6.45, 7) is 1.45. The van der Waals surface area contributed by atoms with Crippen LogP contribution in [0.4, 0.5) is 0 Å². The smallest absolute Gasteiger partial charge is 0.161 e. The Labute approximate surface area is 148 Å². The molecular formula is C21H23NO3. The van der Waals surface area contributed by atoms with E-state index in [0.717, 1.165) is 35.9 Å². The number of fused-ring (bicyclic) bond motifs is 1. The SMILES string of the molecule is COc1ccc(CNCc2c(OC)ccc3ccccc23)cc1OC. The van der Waals surface area contributed by atoms with Crippen LogP contribution in [0.5, 0.6) is 17.2 Å². The molecule has 0 saturated carbocycles. The van der Waals surface area contributed by atoms with Crippen LogP contribution < -0.4 is 19.5 Å². The van der Waals surface area contributed by atoms with Crippen LogP contribution in [0, 0.1) is 0 Å². The number of ether oxygens (including phenoxy) is 3. The number of benzene rings is 3. The van der Waals surface area contributed by atoms with Crippen LogP contribution >= 0.6 is 0 Å². The van der Waals surface area contributed by atoms with Gasteiger partial charge < -0.3 is 19.5 Å². The molecule has 0 aliphatic heterocycles. The molecule has 3 aromatic carbocycles. The number of rotatable bonds is 7. The van der Waals surface area contributed by atoms with Gasteiger partial charge in [-0.05, 0) is 34.5 Å². The number of hydrogen-bond donors (Lipinski definition) is 1. The monoisotopic (exact) mass is 337 g/mol. The van der Waals surface area contributed by atoms with Crippen molar-refractivity contribution in [3.8, 4) is 17.2 Å². The number of hydrogen-bond acceptors (Lipinski definition) is 4. The molecule has 1 N–H and O–H groups in total. The minimum atomic E-state index is 0.721. The maximum absolute atomic E-state index is 5.55. The molecule has 3 aromatic rings. The molecule has 0 aliphatic rings. The van der Waals surface area contributed by atoms with Crippen molar-refractivity contribution in [2.45, 2.75) is 13.1 Å². The highest BCUT2D eigenvalue weighted by molar-refractivity contribution is 5.87. The predicted molar refractivity (Wildman–Crippen MR) is 101 cm³/mol. The van der Waals surface area contributed by atoms with E-state index in [1.165, 1.54) is 16.3 Å². The largest absolute Gasteiger partial charge is 0.496 e. The van der Waals surface area contributed by atoms with Gasteiger partial charge in [0.05, 0.1) is 21.3 Å². The fourth-order valence-corrected chi connectivity index (χ4v) is 3.01. The van der Waals surface area contributed by atoms with Gasteiger partial charge in [0, 0.05) is 18.7 Å². The molecule has 130 valence electrons. The van der Waals surface area contributed by atoms with Gasteiger partial charge in [-0.15, -0.1) is 0 Å². The van der Waals surface area contributed by atoms with Crippen LogP contribution in [-0.4, -0.2) is 21.3 Å². The second kappa shape index (κ2) is 7.90. The Kier molecular flexibility index (Phi) is 5.41. The zero-order chi connectivity index (χ0) is 17.6. The fourth-order valence-electron chi connectivity index (χ4n) is 3.01. The Hall–Kier alpha value is -2.72. The molecule has 0 saturated heterocycles. The molecule has 4 heteroatoms. The third-order valence-electron chi connectivity index (χ3n) is 4.30. The average Bonchev–Trinajstić information content (AvgIpc) is 2.67. The summed E-state index contributed by atoms with van der Waals surface area (Å²) in [6.07, 6.45) is 0. The van der Waals surface area contributed by atoms with E-state index in [1.807, 2.05) is 24.3 Å². The Morgan fingerprint density at radius 2 is 1.44 bits per heavy atom. The molecule has 0 aliphatic carbocycles. The minimum absolute atomic E-state index is 0.721. The van der Waals surface area contributed by atoms with E-state index in [0.29, 0.717) is 0 Å². The van der Waals surface area contributed by atoms with Crippen LogP contribution in [0.15, 0.2) is 54.6 Å². The van der Waals surface area contributed by atoms with Gasteiger partial charge in [0.2, 0.25) is 0 Å². The summed E-state index contributed by atoms with van der Waals surface area (Å²) in [5.74, 6) is 2.38. The molecule has 25 heavy (non-hydrogen) atoms. The van der Waals surface area contributed by atoms with Gasteiger partial charge >= 0.3 is 0 Å². The molecule has 0 unspecified atom stereocenters. The maximum Gasteiger partial charge on any atom is 0.161 e. The van der Waals surface area contributed by atoms with E-state index in [1.54, 1.807) is 21.3 Å². The Morgan fingerprint density at radius 1 is 0.720 bits per heavy atom. The lowest BCUT2D eigenvalue weighted by Gasteiger charge is -2.14. The number of nitrogens with one attached hydrogen (secondary N) is 1. The van der Waals surface area contributed by atoms with E-state index < -0.39 is 0 Å². The highest BCUT2D eigenvalue weighted by atomic mass is 16.5. The van der Waals surface area contributed by atoms with Crippen LogP contribution in [0.1, 0.15) is 11.1 Å². The summed E-state index contributed by atoms with van der Waals surface area (Å²) in [7, 11) is 5.00. The summed E-state index contributed by atoms with van der Waals surface area (Å²) < 4.78 is 16.2. The van der Waals surface area contributed by atoms with Crippen LogP contribution in [0.25, 0.3) is 10.8 Å². The normalized spacial score (nSPS) is 10.7. The lowest BCUT2D eigenvalue weighted by molar-refractivity contribution is 0.354. The van der Waals surface area contributed by atoms with Gasteiger partial charge in [-0.2, -0.15) is 0 Å². The lowest BCUT2D eigenvalue weighted by atomic mass is 10.0. The van der Waals surface area contributed by atoms with Crippen molar-refractivity contribution in [2.75, 3.05) is 21.3 Å². The van der Waals surface area contributed by atoms with Crippen molar-refractivity contribution < 1.29 is 14.2 Å². The highest BCUT2D eigenvalue weighted by Gasteiger charge is 2.09. The summed E-state index contributed by atoms with van der Waals surface area (Å²) in [4.78, 5) is 0. The first-order chi connectivity index (χ1) is 12.3. The van der Waals surface area contributed by atoms with E-state index in [-0.39, 0.29) is 0 Å².